The lowest BCUT2D eigenvalue weighted by molar-refractivity contribution is -0.151. The highest BCUT2D eigenvalue weighted by atomic mass is 16.5. The number of ether oxygens (including phenoxy) is 1. The molecule has 0 heterocycles. The molecular weight excluding hydrogens is 512 g/mol. The number of carbonyl (C=O) groups is 1. The van der Waals surface area contributed by atoms with Crippen molar-refractivity contribution in [1.29, 1.82) is 0 Å². The molecule has 0 aromatic rings. The van der Waals surface area contributed by atoms with Gasteiger partial charge < -0.3 is 4.74 Å². The number of rotatable bonds is 16. The van der Waals surface area contributed by atoms with Crippen LogP contribution in [0.3, 0.4) is 0 Å². The molecule has 4 rings (SSSR count). The molecule has 9 atom stereocenters. The molecule has 0 unspecified atom stereocenters. The van der Waals surface area contributed by atoms with Gasteiger partial charge in [-0.15, -0.1) is 0 Å². The molecule has 42 heavy (non-hydrogen) atoms. The van der Waals surface area contributed by atoms with E-state index < -0.39 is 0 Å². The van der Waals surface area contributed by atoms with E-state index in [9.17, 15) is 4.79 Å². The highest BCUT2D eigenvalue weighted by Crippen LogP contribution is 2.67. The van der Waals surface area contributed by atoms with Gasteiger partial charge in [0.25, 0.3) is 0 Å². The second-order valence-corrected chi connectivity index (χ2v) is 16.7. The van der Waals surface area contributed by atoms with Crippen molar-refractivity contribution in [2.24, 2.45) is 52.3 Å². The fourth-order valence-electron chi connectivity index (χ4n) is 10.6. The van der Waals surface area contributed by atoms with Crippen LogP contribution >= 0.6 is 0 Å². The van der Waals surface area contributed by atoms with Crippen molar-refractivity contribution < 1.29 is 9.53 Å². The van der Waals surface area contributed by atoms with Gasteiger partial charge in [-0.25, -0.2) is 0 Å². The molecule has 0 amide bonds. The quantitative estimate of drug-likeness (QED) is 0.103. The number of esters is 1. The van der Waals surface area contributed by atoms with E-state index in [1.54, 1.807) is 5.57 Å². The number of allylic oxidation sites excluding steroid dienone is 1. The minimum atomic E-state index is 0.0585. The Balaban J connectivity index is 1.24. The highest BCUT2D eigenvalue weighted by Gasteiger charge is 2.59. The molecule has 2 nitrogen and oxygen atoms in total. The summed E-state index contributed by atoms with van der Waals surface area (Å²) in [7, 11) is 0. The number of hydrogen-bond donors (Lipinski definition) is 0. The third-order valence-electron chi connectivity index (χ3n) is 13.8. The van der Waals surface area contributed by atoms with Gasteiger partial charge in [-0.2, -0.15) is 0 Å². The Morgan fingerprint density at radius 3 is 2.24 bits per heavy atom. The van der Waals surface area contributed by atoms with E-state index in [1.807, 2.05) is 0 Å². The van der Waals surface area contributed by atoms with Crippen LogP contribution in [0.2, 0.25) is 0 Å². The molecule has 3 fully saturated rings. The molecule has 4 aliphatic rings. The van der Waals surface area contributed by atoms with Crippen LogP contribution in [0.25, 0.3) is 0 Å². The average molecular weight is 583 g/mol. The van der Waals surface area contributed by atoms with E-state index in [2.05, 4.69) is 54.5 Å². The number of fused-ring (bicyclic) bond motifs is 5. The summed E-state index contributed by atoms with van der Waals surface area (Å²) in [5.74, 6) is 6.11. The first-order valence-electron chi connectivity index (χ1n) is 19.0. The van der Waals surface area contributed by atoms with Crippen LogP contribution in [-0.4, -0.2) is 12.1 Å². The van der Waals surface area contributed by atoms with Crippen molar-refractivity contribution >= 4 is 5.97 Å². The topological polar surface area (TPSA) is 26.3 Å². The smallest absolute Gasteiger partial charge is 0.306 e. The largest absolute Gasteiger partial charge is 0.462 e. The van der Waals surface area contributed by atoms with Crippen LogP contribution in [0, 0.1) is 52.3 Å². The molecule has 0 bridgehead atoms. The van der Waals surface area contributed by atoms with Crippen LogP contribution in [-0.2, 0) is 9.53 Å². The molecule has 0 spiro atoms. The Bertz CT molecular complexity index is 873. The highest BCUT2D eigenvalue weighted by molar-refractivity contribution is 5.69. The molecule has 2 heteroatoms. The fourth-order valence-corrected chi connectivity index (χ4v) is 10.6. The second-order valence-electron chi connectivity index (χ2n) is 16.7. The lowest BCUT2D eigenvalue weighted by Gasteiger charge is -2.58. The minimum absolute atomic E-state index is 0.0585. The van der Waals surface area contributed by atoms with Crippen molar-refractivity contribution in [3.8, 4) is 0 Å². The molecule has 0 N–H and O–H groups in total. The lowest BCUT2D eigenvalue weighted by atomic mass is 9.47. The molecule has 242 valence electrons. The van der Waals surface area contributed by atoms with E-state index in [0.29, 0.717) is 17.3 Å². The molecule has 0 aromatic carbocycles. The van der Waals surface area contributed by atoms with Gasteiger partial charge in [-0.1, -0.05) is 124 Å². The van der Waals surface area contributed by atoms with Gasteiger partial charge >= 0.3 is 5.97 Å². The molecule has 4 aliphatic carbocycles. The first-order chi connectivity index (χ1) is 20.1. The van der Waals surface area contributed by atoms with Gasteiger partial charge in [0.05, 0.1) is 0 Å². The van der Waals surface area contributed by atoms with Gasteiger partial charge in [0, 0.05) is 12.8 Å². The molecule has 0 radical (unpaired) electrons. The van der Waals surface area contributed by atoms with Gasteiger partial charge in [0.15, 0.2) is 0 Å². The zero-order valence-corrected chi connectivity index (χ0v) is 29.2. The summed E-state index contributed by atoms with van der Waals surface area (Å²) in [6.07, 6.45) is 28.1. The van der Waals surface area contributed by atoms with Gasteiger partial charge in [0.2, 0.25) is 0 Å². The Kier molecular flexibility index (Phi) is 12.6. The maximum Gasteiger partial charge on any atom is 0.306 e. The van der Waals surface area contributed by atoms with Crippen LogP contribution in [0.1, 0.15) is 177 Å². The Morgan fingerprint density at radius 2 is 1.55 bits per heavy atom. The first-order valence-corrected chi connectivity index (χ1v) is 19.0. The van der Waals surface area contributed by atoms with Crippen molar-refractivity contribution in [1.82, 2.24) is 0 Å². The molecular formula is C40H70O2. The van der Waals surface area contributed by atoms with Crippen LogP contribution in [0.15, 0.2) is 11.6 Å². The van der Waals surface area contributed by atoms with Crippen molar-refractivity contribution in [2.45, 2.75) is 183 Å². The Labute approximate surface area is 262 Å². The van der Waals surface area contributed by atoms with Gasteiger partial charge in [0.1, 0.15) is 6.10 Å². The van der Waals surface area contributed by atoms with Gasteiger partial charge in [-0.05, 0) is 104 Å². The zero-order valence-electron chi connectivity index (χ0n) is 29.2. The third kappa shape index (κ3) is 7.88. The average Bonchev–Trinajstić information content (AvgIpc) is 3.32. The summed E-state index contributed by atoms with van der Waals surface area (Å²) in [5, 5.41) is 0. The third-order valence-corrected chi connectivity index (χ3v) is 13.8. The first kappa shape index (κ1) is 34.1. The normalized spacial score (nSPS) is 35.6. The van der Waals surface area contributed by atoms with Crippen molar-refractivity contribution in [3.63, 3.8) is 0 Å². The SMILES string of the molecule is CCCCCCCCCCCC(=O)O[C@H]1CC[C@@]2(C)C(=CC[C@H]3[C@@H]4CC[C@H]([C@H](C)CC[C@@H](C)C(C)C)[C@@]4(C)CC[C@@H]32)C1. The summed E-state index contributed by atoms with van der Waals surface area (Å²) >= 11 is 0. The predicted octanol–water partition coefficient (Wildman–Crippen LogP) is 12.1. The minimum Gasteiger partial charge on any atom is -0.462 e. The summed E-state index contributed by atoms with van der Waals surface area (Å²) in [5.41, 5.74) is 2.52. The monoisotopic (exact) mass is 583 g/mol. The Hall–Kier alpha value is -0.790. The van der Waals surface area contributed by atoms with Crippen LogP contribution < -0.4 is 0 Å². The summed E-state index contributed by atoms with van der Waals surface area (Å²) < 4.78 is 6.09. The molecule has 0 aromatic heterocycles. The maximum atomic E-state index is 12.7. The Morgan fingerprint density at radius 1 is 0.857 bits per heavy atom. The predicted molar refractivity (Wildman–Crippen MR) is 179 cm³/mol. The van der Waals surface area contributed by atoms with Crippen LogP contribution in [0.4, 0.5) is 0 Å². The van der Waals surface area contributed by atoms with Crippen molar-refractivity contribution in [3.05, 3.63) is 11.6 Å². The number of unbranched alkanes of at least 4 members (excludes halogenated alkanes) is 8. The van der Waals surface area contributed by atoms with Crippen molar-refractivity contribution in [2.75, 3.05) is 0 Å². The van der Waals surface area contributed by atoms with E-state index >= 15 is 0 Å². The second kappa shape index (κ2) is 15.5. The van der Waals surface area contributed by atoms with E-state index in [-0.39, 0.29) is 12.1 Å². The lowest BCUT2D eigenvalue weighted by Crippen LogP contribution is -2.51. The van der Waals surface area contributed by atoms with E-state index in [1.165, 1.54) is 103 Å². The summed E-state index contributed by atoms with van der Waals surface area (Å²) in [4.78, 5) is 12.7. The molecule has 0 saturated heterocycles. The number of hydrogen-bond acceptors (Lipinski definition) is 2. The van der Waals surface area contributed by atoms with E-state index in [0.717, 1.165) is 60.7 Å². The summed E-state index contributed by atoms with van der Waals surface area (Å²) in [6.45, 7) is 17.4. The number of carbonyl (C=O) groups excluding carboxylic acids is 1. The van der Waals surface area contributed by atoms with E-state index in [4.69, 9.17) is 4.74 Å². The van der Waals surface area contributed by atoms with Gasteiger partial charge in [-0.3, -0.25) is 4.79 Å². The fraction of sp³-hybridized carbons (Fsp3) is 0.925. The standard InChI is InChI=1S/C40H70O2/c1-8-9-10-11-12-13-14-15-16-17-38(41)42-33-24-26-39(6)32(28-33)20-21-34-36-23-22-35(40(36,7)27-25-37(34)39)31(5)19-18-30(4)29(2)3/h20,29-31,33-37H,8-19,21-28H2,1-7H3/t30-,31-,33+,34+,35-,36+,37+,39+,40-/m1/s1. The summed E-state index contributed by atoms with van der Waals surface area (Å²) in [6, 6.07) is 0. The maximum absolute atomic E-state index is 12.7. The molecule has 0 aliphatic heterocycles. The zero-order chi connectivity index (χ0) is 30.3. The molecule has 3 saturated carbocycles. The van der Waals surface area contributed by atoms with Crippen LogP contribution in [0.5, 0.6) is 0 Å².